The van der Waals surface area contributed by atoms with Crippen LogP contribution in [0.4, 0.5) is 5.82 Å². The highest BCUT2D eigenvalue weighted by Crippen LogP contribution is 2.23. The Morgan fingerprint density at radius 1 is 1.13 bits per heavy atom. The summed E-state index contributed by atoms with van der Waals surface area (Å²) in [5, 5.41) is 11.8. The number of carbonyl (C=O) groups is 2. The first-order chi connectivity index (χ1) is 11.2. The quantitative estimate of drug-likeness (QED) is 0.820. The number of benzene rings is 1. The van der Waals surface area contributed by atoms with Gasteiger partial charge in [0.15, 0.2) is 6.29 Å². The topological polar surface area (TPSA) is 79.3 Å². The lowest BCUT2D eigenvalue weighted by atomic mass is 10.0. The highest BCUT2D eigenvalue weighted by molar-refractivity contribution is 5.90. The Balaban J connectivity index is 0.00000112. The van der Waals surface area contributed by atoms with Crippen LogP contribution in [0.25, 0.3) is 11.1 Å². The molecule has 0 saturated carbocycles. The summed E-state index contributed by atoms with van der Waals surface area (Å²) in [7, 11) is 1.68. The normalized spacial score (nSPS) is 8.74. The Labute approximate surface area is 137 Å². The van der Waals surface area contributed by atoms with Gasteiger partial charge in [0, 0.05) is 18.8 Å². The lowest BCUT2D eigenvalue weighted by Gasteiger charge is -2.07. The van der Waals surface area contributed by atoms with E-state index in [1.165, 1.54) is 6.07 Å². The van der Waals surface area contributed by atoms with Crippen molar-refractivity contribution in [3.05, 3.63) is 47.7 Å². The van der Waals surface area contributed by atoms with Crippen LogP contribution in [0.15, 0.2) is 36.5 Å². The number of aromatic nitrogens is 1. The molecule has 23 heavy (non-hydrogen) atoms. The first kappa shape index (κ1) is 20.3. The van der Waals surface area contributed by atoms with Gasteiger partial charge in [-0.25, -0.2) is 9.78 Å². The number of hydrogen-bond donors (Lipinski definition) is 2. The van der Waals surface area contributed by atoms with E-state index < -0.39 is 5.97 Å². The number of aromatic carboxylic acids is 1. The molecule has 1 aromatic heterocycles. The molecule has 0 saturated heterocycles. The predicted octanol–water partition coefficient (Wildman–Crippen LogP) is 4.35. The lowest BCUT2D eigenvalue weighted by Crippen LogP contribution is -1.99. The van der Waals surface area contributed by atoms with E-state index in [-0.39, 0.29) is 5.56 Å². The number of carboxylic acid groups (broad SMARTS) is 1. The number of aldehydes is 1. The standard InChI is InChI=1S/C14H12N2O3.2C2H6/c1-15-13-12(8-17)6-11(7-16-13)9-3-2-4-10(5-9)14(18)19;2*1-2/h2-8H,1H3,(H,15,16)(H,18,19);2*1-2H3. The van der Waals surface area contributed by atoms with E-state index in [1.807, 2.05) is 27.7 Å². The molecule has 0 fully saturated rings. The van der Waals surface area contributed by atoms with Crippen molar-refractivity contribution in [2.75, 3.05) is 12.4 Å². The van der Waals surface area contributed by atoms with Gasteiger partial charge in [0.1, 0.15) is 5.82 Å². The van der Waals surface area contributed by atoms with E-state index in [9.17, 15) is 9.59 Å². The average molecular weight is 316 g/mol. The van der Waals surface area contributed by atoms with Crippen molar-refractivity contribution in [1.82, 2.24) is 4.98 Å². The summed E-state index contributed by atoms with van der Waals surface area (Å²) in [6.45, 7) is 8.00. The largest absolute Gasteiger partial charge is 0.478 e. The molecule has 0 bridgehead atoms. The molecule has 0 amide bonds. The van der Waals surface area contributed by atoms with Gasteiger partial charge in [-0.3, -0.25) is 4.79 Å². The number of carboxylic acids is 1. The van der Waals surface area contributed by atoms with Gasteiger partial charge >= 0.3 is 5.97 Å². The van der Waals surface area contributed by atoms with Crippen molar-refractivity contribution in [2.45, 2.75) is 27.7 Å². The maximum absolute atomic E-state index is 11.0. The van der Waals surface area contributed by atoms with Crippen molar-refractivity contribution in [3.63, 3.8) is 0 Å². The molecule has 0 aliphatic rings. The lowest BCUT2D eigenvalue weighted by molar-refractivity contribution is 0.0696. The van der Waals surface area contributed by atoms with Gasteiger partial charge in [0.05, 0.1) is 11.1 Å². The van der Waals surface area contributed by atoms with Gasteiger partial charge in [0.2, 0.25) is 0 Å². The molecule has 5 heteroatoms. The van der Waals surface area contributed by atoms with Crippen LogP contribution in [0.1, 0.15) is 48.4 Å². The van der Waals surface area contributed by atoms with E-state index in [2.05, 4.69) is 10.3 Å². The number of nitrogens with zero attached hydrogens (tertiary/aromatic N) is 1. The van der Waals surface area contributed by atoms with Crippen LogP contribution < -0.4 is 5.32 Å². The van der Waals surface area contributed by atoms with Gasteiger partial charge in [-0.1, -0.05) is 39.8 Å². The molecular weight excluding hydrogens is 292 g/mol. The Kier molecular flexibility index (Phi) is 9.67. The van der Waals surface area contributed by atoms with Crippen LogP contribution in [-0.2, 0) is 0 Å². The number of hydrogen-bond acceptors (Lipinski definition) is 4. The third-order valence-electron chi connectivity index (χ3n) is 2.72. The van der Waals surface area contributed by atoms with Crippen molar-refractivity contribution < 1.29 is 14.7 Å². The molecule has 0 aliphatic carbocycles. The number of carbonyl (C=O) groups excluding carboxylic acids is 1. The zero-order valence-corrected chi connectivity index (χ0v) is 14.3. The van der Waals surface area contributed by atoms with Crippen LogP contribution in [-0.4, -0.2) is 29.4 Å². The minimum Gasteiger partial charge on any atom is -0.478 e. The third kappa shape index (κ3) is 5.54. The van der Waals surface area contributed by atoms with Crippen LogP contribution in [0, 0.1) is 0 Å². The fourth-order valence-corrected chi connectivity index (χ4v) is 1.77. The predicted molar refractivity (Wildman–Crippen MR) is 94.3 cm³/mol. The second-order valence-corrected chi connectivity index (χ2v) is 3.92. The summed E-state index contributed by atoms with van der Waals surface area (Å²) < 4.78 is 0. The molecule has 0 atom stereocenters. The highest BCUT2D eigenvalue weighted by Gasteiger charge is 2.08. The fraction of sp³-hybridized carbons (Fsp3) is 0.278. The first-order valence-electron chi connectivity index (χ1n) is 7.62. The number of nitrogens with one attached hydrogen (secondary N) is 1. The van der Waals surface area contributed by atoms with Crippen LogP contribution >= 0.6 is 0 Å². The first-order valence-corrected chi connectivity index (χ1v) is 7.62. The molecule has 0 radical (unpaired) electrons. The zero-order valence-electron chi connectivity index (χ0n) is 14.3. The van der Waals surface area contributed by atoms with Crippen molar-refractivity contribution in [1.29, 1.82) is 0 Å². The summed E-state index contributed by atoms with van der Waals surface area (Å²) >= 11 is 0. The molecular formula is C18H24N2O3. The zero-order chi connectivity index (χ0) is 17.8. The number of anilines is 1. The van der Waals surface area contributed by atoms with E-state index in [1.54, 1.807) is 37.5 Å². The van der Waals surface area contributed by atoms with Crippen LogP contribution in [0.2, 0.25) is 0 Å². The van der Waals surface area contributed by atoms with Crippen molar-refractivity contribution in [3.8, 4) is 11.1 Å². The molecule has 1 heterocycles. The Hall–Kier alpha value is -2.69. The summed E-state index contributed by atoms with van der Waals surface area (Å²) in [4.78, 5) is 26.0. The Morgan fingerprint density at radius 3 is 2.30 bits per heavy atom. The highest BCUT2D eigenvalue weighted by atomic mass is 16.4. The SMILES string of the molecule is CC.CC.CNc1ncc(-c2cccc(C(=O)O)c2)cc1C=O. The molecule has 5 nitrogen and oxygen atoms in total. The maximum atomic E-state index is 11.0. The smallest absolute Gasteiger partial charge is 0.335 e. The summed E-state index contributed by atoms with van der Waals surface area (Å²) in [6.07, 6.45) is 2.31. The molecule has 2 rings (SSSR count). The Morgan fingerprint density at radius 2 is 1.78 bits per heavy atom. The number of pyridine rings is 1. The molecule has 0 unspecified atom stereocenters. The Bertz CT molecular complexity index is 640. The van der Waals surface area contributed by atoms with Gasteiger partial charge in [-0.2, -0.15) is 0 Å². The van der Waals surface area contributed by atoms with E-state index in [0.717, 1.165) is 0 Å². The maximum Gasteiger partial charge on any atom is 0.335 e. The molecule has 2 N–H and O–H groups in total. The molecule has 0 aliphatic heterocycles. The average Bonchev–Trinajstić information content (AvgIpc) is 2.64. The van der Waals surface area contributed by atoms with E-state index >= 15 is 0 Å². The minimum absolute atomic E-state index is 0.197. The van der Waals surface area contributed by atoms with Gasteiger partial charge in [-0.05, 0) is 23.8 Å². The van der Waals surface area contributed by atoms with Crippen LogP contribution in [0.3, 0.4) is 0 Å². The third-order valence-corrected chi connectivity index (χ3v) is 2.72. The number of rotatable bonds is 4. The molecule has 0 spiro atoms. The second kappa shape index (κ2) is 11.0. The molecule has 2 aromatic rings. The molecule has 124 valence electrons. The summed E-state index contributed by atoms with van der Waals surface area (Å²) in [5.41, 5.74) is 2.03. The van der Waals surface area contributed by atoms with Crippen LogP contribution in [0.5, 0.6) is 0 Å². The van der Waals surface area contributed by atoms with Crippen molar-refractivity contribution in [2.24, 2.45) is 0 Å². The van der Waals surface area contributed by atoms with Crippen molar-refractivity contribution >= 4 is 18.1 Å². The van der Waals surface area contributed by atoms with Gasteiger partial charge in [-0.15, -0.1) is 0 Å². The summed E-state index contributed by atoms with van der Waals surface area (Å²) in [5.74, 6) is -0.495. The monoisotopic (exact) mass is 316 g/mol. The minimum atomic E-state index is -0.989. The fourth-order valence-electron chi connectivity index (χ4n) is 1.77. The second-order valence-electron chi connectivity index (χ2n) is 3.92. The molecule has 1 aromatic carbocycles. The van der Waals surface area contributed by atoms with Gasteiger partial charge < -0.3 is 10.4 Å². The summed E-state index contributed by atoms with van der Waals surface area (Å²) in [6, 6.07) is 8.17. The van der Waals surface area contributed by atoms with E-state index in [0.29, 0.717) is 28.8 Å². The van der Waals surface area contributed by atoms with Gasteiger partial charge in [0.25, 0.3) is 0 Å². The van der Waals surface area contributed by atoms with E-state index in [4.69, 9.17) is 5.11 Å².